The summed E-state index contributed by atoms with van der Waals surface area (Å²) < 4.78 is 25.3. The Balaban J connectivity index is 3.13. The van der Waals surface area contributed by atoms with Gasteiger partial charge in [-0.1, -0.05) is 12.2 Å². The van der Waals surface area contributed by atoms with Gasteiger partial charge in [0, 0.05) is 4.92 Å². The van der Waals surface area contributed by atoms with Crippen LogP contribution >= 0.6 is 0 Å². The summed E-state index contributed by atoms with van der Waals surface area (Å²) in [6, 6.07) is -1.55. The fraction of sp³-hybridized carbons (Fsp3) is 0.500. The van der Waals surface area contributed by atoms with Crippen molar-refractivity contribution in [3.05, 3.63) is 34.0 Å². The molecule has 0 bridgehead atoms. The summed E-state index contributed by atoms with van der Waals surface area (Å²) in [5.41, 5.74) is 3.37. The molecule has 0 spiro atoms. The molecule has 0 amide bonds. The summed E-state index contributed by atoms with van der Waals surface area (Å²) in [6.07, 6.45) is 0.905. The molecule has 2 unspecified atom stereocenters. The van der Waals surface area contributed by atoms with Gasteiger partial charge in [-0.05, 0) is 13.0 Å². The number of hydrogen-bond acceptors (Lipinski definition) is 3. The third-order valence-corrected chi connectivity index (χ3v) is 2.33. The molecule has 1 aliphatic carbocycles. The highest BCUT2D eigenvalue weighted by Crippen LogP contribution is 2.37. The lowest BCUT2D eigenvalue weighted by Gasteiger charge is -2.30. The second-order valence-electron chi connectivity index (χ2n) is 3.38. The van der Waals surface area contributed by atoms with E-state index in [0.29, 0.717) is 0 Å². The molecule has 0 heterocycles. The van der Waals surface area contributed by atoms with Gasteiger partial charge in [0.05, 0.1) is 5.70 Å². The SMILES string of the molecule is CC1(C(F)F)C=CC=C(N)C1[N+](=O)[O-]. The number of nitrogens with zero attached hydrogens (tertiary/aromatic N) is 1. The quantitative estimate of drug-likeness (QED) is 0.544. The summed E-state index contributed by atoms with van der Waals surface area (Å²) in [7, 11) is 0. The maximum absolute atomic E-state index is 12.6. The highest BCUT2D eigenvalue weighted by Gasteiger charge is 2.51. The van der Waals surface area contributed by atoms with E-state index in [1.807, 2.05) is 0 Å². The van der Waals surface area contributed by atoms with Crippen LogP contribution < -0.4 is 5.73 Å². The third-order valence-electron chi connectivity index (χ3n) is 2.33. The number of halogens is 2. The zero-order chi connectivity index (χ0) is 10.9. The van der Waals surface area contributed by atoms with Crippen molar-refractivity contribution >= 4 is 0 Å². The average Bonchev–Trinajstić information content (AvgIpc) is 2.02. The summed E-state index contributed by atoms with van der Waals surface area (Å²) in [4.78, 5) is 9.83. The van der Waals surface area contributed by atoms with Crippen molar-refractivity contribution in [3.8, 4) is 0 Å². The molecule has 0 aromatic rings. The van der Waals surface area contributed by atoms with E-state index in [9.17, 15) is 18.9 Å². The number of allylic oxidation sites excluding steroid dienone is 2. The second-order valence-corrected chi connectivity index (χ2v) is 3.38. The van der Waals surface area contributed by atoms with Gasteiger partial charge in [0.1, 0.15) is 5.41 Å². The van der Waals surface area contributed by atoms with Crippen molar-refractivity contribution in [3.63, 3.8) is 0 Å². The van der Waals surface area contributed by atoms with Crippen molar-refractivity contribution in [1.82, 2.24) is 0 Å². The minimum atomic E-state index is -2.82. The van der Waals surface area contributed by atoms with Crippen LogP contribution in [-0.2, 0) is 0 Å². The van der Waals surface area contributed by atoms with Crippen LogP contribution in [0.3, 0.4) is 0 Å². The lowest BCUT2D eigenvalue weighted by molar-refractivity contribution is -0.532. The molecule has 0 saturated carbocycles. The molecular formula is C8H10F2N2O2. The molecule has 4 nitrogen and oxygen atoms in total. The van der Waals surface area contributed by atoms with Crippen molar-refractivity contribution in [2.75, 3.05) is 0 Å². The summed E-state index contributed by atoms with van der Waals surface area (Å²) in [5.74, 6) is 0. The largest absolute Gasteiger partial charge is 0.396 e. The fourth-order valence-electron chi connectivity index (χ4n) is 1.45. The molecule has 1 rings (SSSR count). The molecule has 0 radical (unpaired) electrons. The van der Waals surface area contributed by atoms with Crippen molar-refractivity contribution in [1.29, 1.82) is 0 Å². The van der Waals surface area contributed by atoms with Crippen LogP contribution in [0.25, 0.3) is 0 Å². The molecule has 0 aromatic carbocycles. The Morgan fingerprint density at radius 2 is 2.29 bits per heavy atom. The molecule has 0 saturated heterocycles. The minimum absolute atomic E-state index is 0.139. The Kier molecular flexibility index (Phi) is 2.55. The zero-order valence-electron chi connectivity index (χ0n) is 7.48. The van der Waals surface area contributed by atoms with Crippen molar-refractivity contribution in [2.24, 2.45) is 11.1 Å². The van der Waals surface area contributed by atoms with Crippen LogP contribution in [0, 0.1) is 15.5 Å². The highest BCUT2D eigenvalue weighted by atomic mass is 19.3. The van der Waals surface area contributed by atoms with Crippen LogP contribution in [0.4, 0.5) is 8.78 Å². The maximum Gasteiger partial charge on any atom is 0.266 e. The Morgan fingerprint density at radius 1 is 1.71 bits per heavy atom. The number of nitro groups is 1. The van der Waals surface area contributed by atoms with Crippen LogP contribution in [0.5, 0.6) is 0 Å². The van der Waals surface area contributed by atoms with Crippen LogP contribution in [-0.4, -0.2) is 17.4 Å². The van der Waals surface area contributed by atoms with E-state index in [2.05, 4.69) is 0 Å². The van der Waals surface area contributed by atoms with Gasteiger partial charge in [0.2, 0.25) is 0 Å². The smallest absolute Gasteiger partial charge is 0.266 e. The van der Waals surface area contributed by atoms with Gasteiger partial charge in [-0.15, -0.1) is 0 Å². The predicted octanol–water partition coefficient (Wildman–Crippen LogP) is 1.32. The van der Waals surface area contributed by atoms with Gasteiger partial charge in [-0.2, -0.15) is 0 Å². The molecule has 0 aliphatic heterocycles. The first-order valence-electron chi connectivity index (χ1n) is 3.96. The Hall–Kier alpha value is -1.46. The fourth-order valence-corrected chi connectivity index (χ4v) is 1.45. The molecule has 2 N–H and O–H groups in total. The topological polar surface area (TPSA) is 69.2 Å². The van der Waals surface area contributed by atoms with Gasteiger partial charge >= 0.3 is 0 Å². The Morgan fingerprint density at radius 3 is 2.64 bits per heavy atom. The molecular weight excluding hydrogens is 194 g/mol. The Bertz CT molecular complexity index is 314. The molecule has 2 atom stereocenters. The van der Waals surface area contributed by atoms with Crippen molar-refractivity contribution < 1.29 is 13.7 Å². The number of nitrogens with two attached hydrogens (primary N) is 1. The minimum Gasteiger partial charge on any atom is -0.396 e. The first kappa shape index (κ1) is 10.6. The third kappa shape index (κ3) is 1.47. The molecule has 0 fully saturated rings. The number of alkyl halides is 2. The van der Waals surface area contributed by atoms with E-state index in [0.717, 1.165) is 13.0 Å². The predicted molar refractivity (Wildman–Crippen MR) is 46.3 cm³/mol. The summed E-state index contributed by atoms with van der Waals surface area (Å²) >= 11 is 0. The first-order valence-corrected chi connectivity index (χ1v) is 3.96. The van der Waals surface area contributed by atoms with Crippen LogP contribution in [0.15, 0.2) is 23.9 Å². The lowest BCUT2D eigenvalue weighted by atomic mass is 9.78. The number of rotatable bonds is 2. The van der Waals surface area contributed by atoms with Crippen LogP contribution in [0.1, 0.15) is 6.92 Å². The summed E-state index contributed by atoms with van der Waals surface area (Å²) in [6.45, 7) is 1.13. The van der Waals surface area contributed by atoms with E-state index >= 15 is 0 Å². The number of hydrogen-bond donors (Lipinski definition) is 1. The highest BCUT2D eigenvalue weighted by molar-refractivity contribution is 5.26. The Labute approximate surface area is 79.2 Å². The summed E-state index contributed by atoms with van der Waals surface area (Å²) in [5, 5.41) is 10.6. The normalized spacial score (nSPS) is 31.7. The molecule has 78 valence electrons. The van der Waals surface area contributed by atoms with Gasteiger partial charge in [-0.3, -0.25) is 10.1 Å². The van der Waals surface area contributed by atoms with E-state index in [-0.39, 0.29) is 5.70 Å². The molecule has 0 aromatic heterocycles. The van der Waals surface area contributed by atoms with E-state index < -0.39 is 22.8 Å². The zero-order valence-corrected chi connectivity index (χ0v) is 7.48. The lowest BCUT2D eigenvalue weighted by Crippen LogP contribution is -2.46. The standard InChI is InChI=1S/C8H10F2N2O2/c1-8(7(9)10)4-2-3-5(11)6(8)12(13)14/h2-4,6-7H,11H2,1H3. The molecule has 6 heteroatoms. The van der Waals surface area contributed by atoms with Crippen LogP contribution in [0.2, 0.25) is 0 Å². The van der Waals surface area contributed by atoms with E-state index in [4.69, 9.17) is 5.73 Å². The average molecular weight is 204 g/mol. The second kappa shape index (κ2) is 3.36. The first-order chi connectivity index (χ1) is 6.39. The van der Waals surface area contributed by atoms with Gasteiger partial charge < -0.3 is 5.73 Å². The van der Waals surface area contributed by atoms with Gasteiger partial charge in [-0.25, -0.2) is 8.78 Å². The van der Waals surface area contributed by atoms with Gasteiger partial charge in [0.15, 0.2) is 0 Å². The van der Waals surface area contributed by atoms with Crippen molar-refractivity contribution in [2.45, 2.75) is 19.4 Å². The molecule has 14 heavy (non-hydrogen) atoms. The monoisotopic (exact) mass is 204 g/mol. The van der Waals surface area contributed by atoms with E-state index in [1.54, 1.807) is 0 Å². The molecule has 1 aliphatic rings. The maximum atomic E-state index is 12.6. The van der Waals surface area contributed by atoms with E-state index in [1.165, 1.54) is 12.2 Å². The van der Waals surface area contributed by atoms with Gasteiger partial charge in [0.25, 0.3) is 12.5 Å².